The van der Waals surface area contributed by atoms with Gasteiger partial charge in [0.2, 0.25) is 0 Å². The van der Waals surface area contributed by atoms with Gasteiger partial charge in [-0.1, -0.05) is 0 Å². The minimum absolute atomic E-state index is 0. The van der Waals surface area contributed by atoms with Gasteiger partial charge in [0, 0.05) is 13.1 Å². The summed E-state index contributed by atoms with van der Waals surface area (Å²) in [6, 6.07) is 0.122. The average molecular weight is 274 g/mol. The fourth-order valence-corrected chi connectivity index (χ4v) is 1.14. The zero-order valence-electron chi connectivity index (χ0n) is 9.80. The van der Waals surface area contributed by atoms with E-state index in [1.165, 1.54) is 0 Å². The molecule has 0 aromatic carbocycles. The number of rotatable bonds is 6. The number of amidine groups is 1. The van der Waals surface area contributed by atoms with Crippen LogP contribution in [0.2, 0.25) is 0 Å². The van der Waals surface area contributed by atoms with E-state index in [1.54, 1.807) is 0 Å². The third-order valence-electron chi connectivity index (χ3n) is 1.50. The first-order valence-electron chi connectivity index (χ1n) is 4.78. The largest absolute Gasteiger partial charge is 0.360 e. The lowest BCUT2D eigenvalue weighted by molar-refractivity contribution is 0.401. The quantitative estimate of drug-likeness (QED) is 0.319. The standard InChI is InChI=1S/C8H19N3O3S.ClH/c1-4-9-8(14-15(12)13)10-6-5-7-11(2)3;/h4-7H2,1-3H3,(H,9,10)(H,12,13);1H. The molecule has 6 nitrogen and oxygen atoms in total. The fourth-order valence-electron chi connectivity index (χ4n) is 0.898. The van der Waals surface area contributed by atoms with E-state index in [0.29, 0.717) is 13.1 Å². The number of nitrogens with zero attached hydrogens (tertiary/aromatic N) is 2. The molecule has 0 saturated carbocycles. The van der Waals surface area contributed by atoms with Crippen molar-refractivity contribution in [3.05, 3.63) is 0 Å². The summed E-state index contributed by atoms with van der Waals surface area (Å²) in [5.41, 5.74) is 0. The van der Waals surface area contributed by atoms with Crippen LogP contribution >= 0.6 is 12.4 Å². The number of aliphatic imine (C=N–C) groups is 1. The maximum atomic E-state index is 10.4. The average Bonchev–Trinajstić information content (AvgIpc) is 2.11. The summed E-state index contributed by atoms with van der Waals surface area (Å²) >= 11 is -2.32. The van der Waals surface area contributed by atoms with E-state index in [4.69, 9.17) is 4.55 Å². The van der Waals surface area contributed by atoms with Crippen LogP contribution in [0.4, 0.5) is 0 Å². The van der Waals surface area contributed by atoms with Gasteiger partial charge in [-0.05, 0) is 34.0 Å². The van der Waals surface area contributed by atoms with Crippen molar-refractivity contribution in [3.63, 3.8) is 0 Å². The summed E-state index contributed by atoms with van der Waals surface area (Å²) < 4.78 is 23.5. The van der Waals surface area contributed by atoms with Crippen LogP contribution in [0.15, 0.2) is 4.99 Å². The number of hydrogen-bond acceptors (Lipinski definition) is 4. The van der Waals surface area contributed by atoms with E-state index >= 15 is 0 Å². The Bertz CT molecular complexity index is 227. The van der Waals surface area contributed by atoms with Crippen molar-refractivity contribution < 1.29 is 12.9 Å². The first kappa shape index (κ1) is 18.0. The lowest BCUT2D eigenvalue weighted by Crippen LogP contribution is -2.27. The monoisotopic (exact) mass is 273 g/mol. The van der Waals surface area contributed by atoms with Crippen LogP contribution in [0.5, 0.6) is 0 Å². The summed E-state index contributed by atoms with van der Waals surface area (Å²) in [6.45, 7) is 3.95. The van der Waals surface area contributed by atoms with Crippen molar-refractivity contribution in [2.75, 3.05) is 33.7 Å². The van der Waals surface area contributed by atoms with Crippen molar-refractivity contribution in [2.24, 2.45) is 4.99 Å². The Morgan fingerprint density at radius 3 is 2.62 bits per heavy atom. The molecule has 0 aromatic rings. The summed E-state index contributed by atoms with van der Waals surface area (Å²) in [6.07, 6.45) is 0.878. The molecule has 0 rings (SSSR count). The highest BCUT2D eigenvalue weighted by Gasteiger charge is 2.02. The number of nitrogens with one attached hydrogen (secondary N) is 1. The third kappa shape index (κ3) is 11.7. The molecule has 0 spiro atoms. The smallest absolute Gasteiger partial charge is 0.343 e. The highest BCUT2D eigenvalue weighted by molar-refractivity contribution is 7.74. The maximum absolute atomic E-state index is 10.4. The SMILES string of the molecule is CCNC(=NCCCN(C)C)OS(=O)O.Cl. The molecule has 0 amide bonds. The highest BCUT2D eigenvalue weighted by atomic mass is 35.5. The van der Waals surface area contributed by atoms with Crippen molar-refractivity contribution in [3.8, 4) is 0 Å². The van der Waals surface area contributed by atoms with Gasteiger partial charge in [-0.2, -0.15) is 4.21 Å². The van der Waals surface area contributed by atoms with E-state index in [0.717, 1.165) is 13.0 Å². The molecule has 0 bridgehead atoms. The van der Waals surface area contributed by atoms with Crippen molar-refractivity contribution in [2.45, 2.75) is 13.3 Å². The van der Waals surface area contributed by atoms with E-state index in [2.05, 4.69) is 14.5 Å². The lowest BCUT2D eigenvalue weighted by Gasteiger charge is -2.08. The van der Waals surface area contributed by atoms with Crippen LogP contribution in [-0.2, 0) is 15.5 Å². The topological polar surface area (TPSA) is 74.2 Å². The molecular formula is C8H20ClN3O3S. The summed E-state index contributed by atoms with van der Waals surface area (Å²) in [4.78, 5) is 6.08. The van der Waals surface area contributed by atoms with Crippen molar-refractivity contribution in [1.29, 1.82) is 0 Å². The Hall–Kier alpha value is -0.370. The Balaban J connectivity index is 0. The van der Waals surface area contributed by atoms with Crippen LogP contribution in [0.3, 0.4) is 0 Å². The Kier molecular flexibility index (Phi) is 12.5. The predicted molar refractivity (Wildman–Crippen MR) is 68.3 cm³/mol. The second-order valence-electron chi connectivity index (χ2n) is 3.17. The van der Waals surface area contributed by atoms with Crippen molar-refractivity contribution in [1.82, 2.24) is 10.2 Å². The Morgan fingerprint density at radius 2 is 2.19 bits per heavy atom. The van der Waals surface area contributed by atoms with Gasteiger partial charge < -0.3 is 14.4 Å². The molecule has 0 aliphatic heterocycles. The van der Waals surface area contributed by atoms with Crippen molar-refractivity contribution >= 4 is 29.8 Å². The third-order valence-corrected chi connectivity index (χ3v) is 1.80. The molecule has 0 heterocycles. The van der Waals surface area contributed by atoms with Crippen LogP contribution in [0.25, 0.3) is 0 Å². The van der Waals surface area contributed by atoms with Gasteiger partial charge in [-0.3, -0.25) is 4.55 Å². The molecule has 1 unspecified atom stereocenters. The van der Waals surface area contributed by atoms with Gasteiger partial charge in [0.25, 0.3) is 0 Å². The van der Waals surface area contributed by atoms with Gasteiger partial charge >= 0.3 is 17.4 Å². The first-order chi connectivity index (χ1) is 7.06. The van der Waals surface area contributed by atoms with E-state index < -0.39 is 11.4 Å². The number of halogens is 1. The van der Waals surface area contributed by atoms with Gasteiger partial charge in [-0.15, -0.1) is 12.4 Å². The lowest BCUT2D eigenvalue weighted by atomic mass is 10.4. The van der Waals surface area contributed by atoms with E-state index in [-0.39, 0.29) is 18.4 Å². The minimum Gasteiger partial charge on any atom is -0.343 e. The second kappa shape index (κ2) is 11.1. The van der Waals surface area contributed by atoms with Gasteiger partial charge in [0.15, 0.2) is 0 Å². The van der Waals surface area contributed by atoms with Gasteiger partial charge in [-0.25, -0.2) is 4.99 Å². The normalized spacial score (nSPS) is 13.2. The number of hydrogen-bond donors (Lipinski definition) is 2. The molecule has 0 aromatic heterocycles. The Morgan fingerprint density at radius 1 is 1.56 bits per heavy atom. The zero-order valence-corrected chi connectivity index (χ0v) is 11.4. The highest BCUT2D eigenvalue weighted by Crippen LogP contribution is 1.88. The van der Waals surface area contributed by atoms with Crippen LogP contribution < -0.4 is 5.32 Å². The van der Waals surface area contributed by atoms with Crippen LogP contribution in [0.1, 0.15) is 13.3 Å². The predicted octanol–water partition coefficient (Wildman–Crippen LogP) is 0.479. The summed E-state index contributed by atoms with van der Waals surface area (Å²) in [5, 5.41) is 2.76. The molecule has 0 radical (unpaired) electrons. The molecule has 98 valence electrons. The molecule has 1 atom stereocenters. The first-order valence-corrected chi connectivity index (χ1v) is 5.81. The summed E-state index contributed by atoms with van der Waals surface area (Å²) in [5.74, 6) is 0. The molecule has 8 heteroatoms. The molecular weight excluding hydrogens is 254 g/mol. The molecule has 0 saturated heterocycles. The summed E-state index contributed by atoms with van der Waals surface area (Å²) in [7, 11) is 3.96. The minimum atomic E-state index is -2.32. The molecule has 2 N–H and O–H groups in total. The van der Waals surface area contributed by atoms with Gasteiger partial charge in [0.05, 0.1) is 0 Å². The second-order valence-corrected chi connectivity index (χ2v) is 3.78. The van der Waals surface area contributed by atoms with E-state index in [1.807, 2.05) is 25.9 Å². The van der Waals surface area contributed by atoms with Crippen LogP contribution in [-0.4, -0.2) is 53.4 Å². The fraction of sp³-hybridized carbons (Fsp3) is 0.875. The molecule has 0 aliphatic carbocycles. The maximum Gasteiger partial charge on any atom is 0.360 e. The molecule has 0 aliphatic rings. The molecule has 0 fully saturated rings. The van der Waals surface area contributed by atoms with Crippen LogP contribution in [0, 0.1) is 0 Å². The zero-order chi connectivity index (χ0) is 11.7. The Labute approximate surface area is 105 Å². The van der Waals surface area contributed by atoms with Gasteiger partial charge in [0.1, 0.15) is 0 Å². The van der Waals surface area contributed by atoms with E-state index in [9.17, 15) is 4.21 Å². The molecule has 16 heavy (non-hydrogen) atoms.